The van der Waals surface area contributed by atoms with Crippen LogP contribution in [0.25, 0.3) is 0 Å². The van der Waals surface area contributed by atoms with Crippen molar-refractivity contribution in [2.45, 2.75) is 31.9 Å². The summed E-state index contributed by atoms with van der Waals surface area (Å²) in [5.41, 5.74) is 1.87. The summed E-state index contributed by atoms with van der Waals surface area (Å²) in [5, 5.41) is 3.23. The maximum Gasteiger partial charge on any atom is 0.327 e. The van der Waals surface area contributed by atoms with Crippen LogP contribution in [0, 0.1) is 6.92 Å². The molecule has 19 heavy (non-hydrogen) atoms. The van der Waals surface area contributed by atoms with Crippen molar-refractivity contribution in [2.24, 2.45) is 0 Å². The number of ether oxygens (including phenoxy) is 2. The lowest BCUT2D eigenvalue weighted by molar-refractivity contribution is -0.143. The van der Waals surface area contributed by atoms with Crippen molar-refractivity contribution in [1.29, 1.82) is 0 Å². The van der Waals surface area contributed by atoms with E-state index in [4.69, 9.17) is 9.47 Å². The molecule has 0 aromatic carbocycles. The van der Waals surface area contributed by atoms with Crippen molar-refractivity contribution in [3.05, 3.63) is 29.6 Å². The first kappa shape index (κ1) is 14.0. The van der Waals surface area contributed by atoms with Crippen LogP contribution in [0.3, 0.4) is 0 Å². The number of aryl methyl sites for hydroxylation is 1. The summed E-state index contributed by atoms with van der Waals surface area (Å²) in [6.45, 7) is 3.41. The first-order valence-electron chi connectivity index (χ1n) is 6.55. The summed E-state index contributed by atoms with van der Waals surface area (Å²) in [7, 11) is 1.40. The predicted octanol–water partition coefficient (Wildman–Crippen LogP) is 1.37. The summed E-state index contributed by atoms with van der Waals surface area (Å²) < 4.78 is 10.4. The summed E-state index contributed by atoms with van der Waals surface area (Å²) in [6, 6.07) is 1.40. The van der Waals surface area contributed by atoms with Gasteiger partial charge in [-0.3, -0.25) is 10.3 Å². The van der Waals surface area contributed by atoms with Crippen LogP contribution in [-0.4, -0.2) is 37.3 Å². The molecule has 0 saturated carbocycles. The molecule has 1 aromatic heterocycles. The fourth-order valence-electron chi connectivity index (χ4n) is 2.27. The minimum absolute atomic E-state index is 0.184. The molecule has 1 fully saturated rings. The lowest BCUT2D eigenvalue weighted by atomic mass is 10.0. The third-order valence-electron chi connectivity index (χ3n) is 3.40. The molecule has 5 nitrogen and oxygen atoms in total. The Morgan fingerprint density at radius 1 is 1.68 bits per heavy atom. The van der Waals surface area contributed by atoms with E-state index in [2.05, 4.69) is 10.3 Å². The number of hydrogen-bond acceptors (Lipinski definition) is 5. The highest BCUT2D eigenvalue weighted by molar-refractivity contribution is 5.77. The first-order valence-corrected chi connectivity index (χ1v) is 6.55. The minimum Gasteiger partial charge on any atom is -0.468 e. The van der Waals surface area contributed by atoms with Crippen molar-refractivity contribution < 1.29 is 14.3 Å². The van der Waals surface area contributed by atoms with E-state index < -0.39 is 6.04 Å². The fourth-order valence-corrected chi connectivity index (χ4v) is 2.27. The second kappa shape index (κ2) is 6.63. The molecule has 1 aromatic rings. The van der Waals surface area contributed by atoms with Crippen LogP contribution in [-0.2, 0) is 14.3 Å². The van der Waals surface area contributed by atoms with Gasteiger partial charge in [-0.1, -0.05) is 0 Å². The van der Waals surface area contributed by atoms with E-state index in [0.29, 0.717) is 6.54 Å². The maximum atomic E-state index is 11.9. The van der Waals surface area contributed by atoms with Crippen LogP contribution in [0.5, 0.6) is 0 Å². The minimum atomic E-state index is -0.483. The highest BCUT2D eigenvalue weighted by Gasteiger charge is 2.25. The van der Waals surface area contributed by atoms with Gasteiger partial charge in [-0.05, 0) is 31.4 Å². The molecule has 2 atom stereocenters. The van der Waals surface area contributed by atoms with Gasteiger partial charge in [-0.2, -0.15) is 0 Å². The molecule has 2 heterocycles. The Labute approximate surface area is 113 Å². The van der Waals surface area contributed by atoms with E-state index in [-0.39, 0.29) is 12.1 Å². The van der Waals surface area contributed by atoms with Crippen molar-refractivity contribution in [2.75, 3.05) is 20.3 Å². The van der Waals surface area contributed by atoms with Gasteiger partial charge in [0.05, 0.1) is 13.2 Å². The van der Waals surface area contributed by atoms with Gasteiger partial charge in [0.25, 0.3) is 0 Å². The van der Waals surface area contributed by atoms with Gasteiger partial charge in [-0.25, -0.2) is 4.79 Å². The zero-order chi connectivity index (χ0) is 13.7. The number of carbonyl (C=O) groups excluding carboxylic acids is 1. The normalized spacial score (nSPS) is 20.2. The lowest BCUT2D eigenvalue weighted by Gasteiger charge is -2.20. The molecule has 104 valence electrons. The van der Waals surface area contributed by atoms with Crippen LogP contribution >= 0.6 is 0 Å². The molecule has 1 aliphatic rings. The molecule has 1 saturated heterocycles. The first-order chi connectivity index (χ1) is 9.22. The molecule has 0 spiro atoms. The van der Waals surface area contributed by atoms with Gasteiger partial charge in [-0.15, -0.1) is 0 Å². The Balaban J connectivity index is 2.07. The van der Waals surface area contributed by atoms with Crippen LogP contribution in [0.4, 0.5) is 0 Å². The number of hydrogen-bond donors (Lipinski definition) is 1. The molecular weight excluding hydrogens is 244 g/mol. The van der Waals surface area contributed by atoms with Gasteiger partial charge in [0, 0.05) is 31.1 Å². The molecule has 0 bridgehead atoms. The molecule has 1 N–H and O–H groups in total. The Morgan fingerprint density at radius 3 is 3.16 bits per heavy atom. The second-order valence-corrected chi connectivity index (χ2v) is 4.73. The van der Waals surface area contributed by atoms with Gasteiger partial charge >= 0.3 is 5.97 Å². The van der Waals surface area contributed by atoms with Crippen LogP contribution < -0.4 is 5.32 Å². The number of carbonyl (C=O) groups is 1. The summed E-state index contributed by atoms with van der Waals surface area (Å²) >= 11 is 0. The molecular formula is C14H20N2O3. The van der Waals surface area contributed by atoms with Crippen LogP contribution in [0.15, 0.2) is 18.5 Å². The number of methoxy groups -OCH3 is 1. The molecule has 1 aliphatic heterocycles. The standard InChI is InChI=1S/C14H20N2O3/c1-10-5-6-15-9-12(10)13(14(17)18-2)16-8-11-4-3-7-19-11/h5-6,9,11,13,16H,3-4,7-8H2,1-2H3. The van der Waals surface area contributed by atoms with Crippen LogP contribution in [0.2, 0.25) is 0 Å². The molecule has 0 amide bonds. The summed E-state index contributed by atoms with van der Waals surface area (Å²) in [5.74, 6) is -0.297. The Bertz CT molecular complexity index is 430. The average Bonchev–Trinajstić information content (AvgIpc) is 2.93. The van der Waals surface area contributed by atoms with Crippen molar-refractivity contribution in [1.82, 2.24) is 10.3 Å². The zero-order valence-electron chi connectivity index (χ0n) is 11.4. The number of aromatic nitrogens is 1. The third-order valence-corrected chi connectivity index (χ3v) is 3.40. The molecule has 5 heteroatoms. The SMILES string of the molecule is COC(=O)C(NCC1CCCO1)c1cnccc1C. The van der Waals surface area contributed by atoms with Crippen molar-refractivity contribution in [3.63, 3.8) is 0 Å². The summed E-state index contributed by atoms with van der Waals surface area (Å²) in [4.78, 5) is 16.0. The van der Waals surface area contributed by atoms with E-state index in [1.165, 1.54) is 7.11 Å². The monoisotopic (exact) mass is 264 g/mol. The number of nitrogens with zero attached hydrogens (tertiary/aromatic N) is 1. The Morgan fingerprint density at radius 2 is 2.53 bits per heavy atom. The Kier molecular flexibility index (Phi) is 4.87. The summed E-state index contributed by atoms with van der Waals surface area (Å²) in [6.07, 6.45) is 5.73. The van der Waals surface area contributed by atoms with Gasteiger partial charge in [0.1, 0.15) is 6.04 Å². The maximum absolute atomic E-state index is 11.9. The van der Waals surface area contributed by atoms with E-state index in [9.17, 15) is 4.79 Å². The third kappa shape index (κ3) is 3.52. The van der Waals surface area contributed by atoms with Gasteiger partial charge in [0.2, 0.25) is 0 Å². The zero-order valence-corrected chi connectivity index (χ0v) is 11.4. The second-order valence-electron chi connectivity index (χ2n) is 4.73. The number of pyridine rings is 1. The van der Waals surface area contributed by atoms with Crippen molar-refractivity contribution in [3.8, 4) is 0 Å². The number of esters is 1. The van der Waals surface area contributed by atoms with Crippen molar-refractivity contribution >= 4 is 5.97 Å². The molecule has 2 unspecified atom stereocenters. The highest BCUT2D eigenvalue weighted by Crippen LogP contribution is 2.19. The topological polar surface area (TPSA) is 60.5 Å². The highest BCUT2D eigenvalue weighted by atomic mass is 16.5. The van der Waals surface area contributed by atoms with E-state index in [1.807, 2.05) is 13.0 Å². The smallest absolute Gasteiger partial charge is 0.327 e. The molecule has 2 rings (SSSR count). The van der Waals surface area contributed by atoms with E-state index in [0.717, 1.165) is 30.6 Å². The molecule has 0 radical (unpaired) electrons. The quantitative estimate of drug-likeness (QED) is 0.814. The molecule has 0 aliphatic carbocycles. The lowest BCUT2D eigenvalue weighted by Crippen LogP contribution is -2.35. The predicted molar refractivity (Wildman–Crippen MR) is 70.7 cm³/mol. The number of rotatable bonds is 5. The van der Waals surface area contributed by atoms with Crippen LogP contribution in [0.1, 0.15) is 30.0 Å². The Hall–Kier alpha value is -1.46. The van der Waals surface area contributed by atoms with Gasteiger partial charge in [0.15, 0.2) is 0 Å². The number of nitrogens with one attached hydrogen (secondary N) is 1. The van der Waals surface area contributed by atoms with E-state index >= 15 is 0 Å². The average molecular weight is 264 g/mol. The largest absolute Gasteiger partial charge is 0.468 e. The fraction of sp³-hybridized carbons (Fsp3) is 0.571. The van der Waals surface area contributed by atoms with Gasteiger partial charge < -0.3 is 9.47 Å². The van der Waals surface area contributed by atoms with E-state index in [1.54, 1.807) is 12.4 Å².